The number of carbonyl (C=O) groups is 10. The summed E-state index contributed by atoms with van der Waals surface area (Å²) in [5, 5.41) is 44.0. The van der Waals surface area contributed by atoms with Crippen molar-refractivity contribution in [1.29, 1.82) is 0 Å². The molecule has 0 aliphatic carbocycles. The van der Waals surface area contributed by atoms with Crippen LogP contribution in [0.4, 0.5) is 0 Å². The molecule has 0 amide bonds. The Morgan fingerprint density at radius 1 is 0.267 bits per heavy atom. The molecule has 0 saturated carbocycles. The van der Waals surface area contributed by atoms with Crippen molar-refractivity contribution in [2.45, 2.75) is 246 Å². The highest BCUT2D eigenvalue weighted by Crippen LogP contribution is 2.15. The summed E-state index contributed by atoms with van der Waals surface area (Å²) < 4.78 is 73.4. The number of rotatable bonds is 48. The summed E-state index contributed by atoms with van der Waals surface area (Å²) in [6.07, 6.45) is -7.03. The maximum atomic E-state index is 12.7. The second kappa shape index (κ2) is 66.9. The molecule has 0 fully saturated rings. The zero-order valence-corrected chi connectivity index (χ0v) is 71.6. The summed E-state index contributed by atoms with van der Waals surface area (Å²) in [6.45, 7) is 17.9. The molecule has 0 aromatic heterocycles. The van der Waals surface area contributed by atoms with Crippen LogP contribution in [0.1, 0.15) is 167 Å². The molecular formula is C90H123ClO29. The van der Waals surface area contributed by atoms with Crippen LogP contribution < -0.4 is 0 Å². The van der Waals surface area contributed by atoms with E-state index >= 15 is 0 Å². The van der Waals surface area contributed by atoms with Crippen LogP contribution in [0.25, 0.3) is 0 Å². The topological polar surface area (TPSA) is 401 Å². The summed E-state index contributed by atoms with van der Waals surface area (Å²) in [5.41, 5.74) is 6.24. The van der Waals surface area contributed by atoms with Crippen LogP contribution in [-0.4, -0.2) is 198 Å². The third kappa shape index (κ3) is 63.2. The number of hydrogen-bond acceptors (Lipinski definition) is 28. The molecule has 0 aliphatic heterocycles. The Balaban J connectivity index is 0.000000801. The van der Waals surface area contributed by atoms with E-state index in [0.717, 1.165) is 33.4 Å². The van der Waals surface area contributed by atoms with Gasteiger partial charge in [0.05, 0.1) is 173 Å². The number of carboxylic acids is 1. The number of halogens is 1. The normalized spacial score (nSPS) is 13.5. The fourth-order valence-electron chi connectivity index (χ4n) is 9.45. The van der Waals surface area contributed by atoms with Crippen molar-refractivity contribution < 1.29 is 140 Å². The molecule has 6 rings (SSSR count). The Bertz CT molecular complexity index is 3570. The van der Waals surface area contributed by atoms with Gasteiger partial charge in [0.1, 0.15) is 26.4 Å². The van der Waals surface area contributed by atoms with Crippen LogP contribution in [0.2, 0.25) is 0 Å². The van der Waals surface area contributed by atoms with E-state index in [-0.39, 0.29) is 120 Å². The van der Waals surface area contributed by atoms with E-state index in [1.54, 1.807) is 27.7 Å². The zero-order valence-electron chi connectivity index (χ0n) is 70.8. The van der Waals surface area contributed by atoms with E-state index in [9.17, 15) is 47.9 Å². The highest BCUT2D eigenvalue weighted by molar-refractivity contribution is 6.63. The Morgan fingerprint density at radius 2 is 0.450 bits per heavy atom. The zero-order chi connectivity index (χ0) is 89.4. The van der Waals surface area contributed by atoms with E-state index < -0.39 is 96.7 Å². The minimum absolute atomic E-state index is 0.00785. The van der Waals surface area contributed by atoms with Crippen molar-refractivity contribution in [3.63, 3.8) is 0 Å². The number of benzene rings is 6. The molecule has 6 aromatic carbocycles. The van der Waals surface area contributed by atoms with Crippen molar-refractivity contribution in [1.82, 2.24) is 0 Å². The minimum Gasteiger partial charge on any atom is -0.481 e. The molecule has 10 unspecified atom stereocenters. The van der Waals surface area contributed by atoms with Crippen molar-refractivity contribution in [2.75, 3.05) is 40.6 Å². The molecule has 0 radical (unpaired) electrons. The summed E-state index contributed by atoms with van der Waals surface area (Å²) in [7, 11) is 2.68. The number of aliphatic carboxylic acids is 1. The van der Waals surface area contributed by atoms with E-state index in [4.69, 9.17) is 94.0 Å². The highest BCUT2D eigenvalue weighted by atomic mass is 35.5. The molecule has 0 heterocycles. The first-order valence-electron chi connectivity index (χ1n) is 39.3. The smallest absolute Gasteiger partial charge is 0.308 e. The van der Waals surface area contributed by atoms with Gasteiger partial charge in [0.2, 0.25) is 5.24 Å². The number of carbonyl (C=O) groups excluding carboxylic acids is 9. The van der Waals surface area contributed by atoms with Crippen LogP contribution in [0, 0.1) is 0 Å². The van der Waals surface area contributed by atoms with Gasteiger partial charge in [0.25, 0.3) is 0 Å². The molecule has 29 nitrogen and oxygen atoms in total. The van der Waals surface area contributed by atoms with Gasteiger partial charge in [-0.3, -0.25) is 47.9 Å². The van der Waals surface area contributed by atoms with E-state index in [1.807, 2.05) is 196 Å². The molecule has 0 aliphatic rings. The third-order valence-corrected chi connectivity index (χ3v) is 15.8. The second-order valence-electron chi connectivity index (χ2n) is 27.9. The molecular weight excluding hydrogens is 1580 g/mol. The predicted octanol–water partition coefficient (Wildman–Crippen LogP) is 12.2. The lowest BCUT2D eigenvalue weighted by atomic mass is 10.2. The first kappa shape index (κ1) is 108. The Kier molecular flexibility index (Phi) is 60.2. The van der Waals surface area contributed by atoms with Gasteiger partial charge in [-0.25, -0.2) is 0 Å². The SMILES string of the molecule is CC(CC(=O)Cl)OCc1ccccc1.CC(CC(=O)O)OCc1ccccc1.CC(CC(=O)OCC(COC(=O)CC(C)OCc1ccccc1)OC(=O)CC(C)OCc1ccccc1)OCc1ccccc1.CC(O)CC(=O)OCC(COC(=O)CC(C)O)OC(=O)CC(C)O.COC(=O)CC(C)O.COC(=O)CC(C)OCc1ccccc1. The number of ether oxygens (including phenoxy) is 14. The average Bonchev–Trinajstić information content (AvgIpc) is 0.920. The maximum Gasteiger partial charge on any atom is 0.308 e. The number of hydrogen-bond donors (Lipinski definition) is 5. The summed E-state index contributed by atoms with van der Waals surface area (Å²) in [4.78, 5) is 114. The summed E-state index contributed by atoms with van der Waals surface area (Å²) in [6, 6.07) is 58.3. The molecule has 120 heavy (non-hydrogen) atoms. The van der Waals surface area contributed by atoms with E-state index in [0.29, 0.717) is 46.1 Å². The fourth-order valence-corrected chi connectivity index (χ4v) is 9.67. The van der Waals surface area contributed by atoms with E-state index in [1.165, 1.54) is 41.9 Å². The van der Waals surface area contributed by atoms with Crippen molar-refractivity contribution >= 4 is 70.6 Å². The quantitative estimate of drug-likeness (QED) is 0.0135. The third-order valence-electron chi connectivity index (χ3n) is 15.6. The molecule has 664 valence electrons. The number of aliphatic hydroxyl groups excluding tert-OH is 4. The second-order valence-corrected chi connectivity index (χ2v) is 28.4. The van der Waals surface area contributed by atoms with Crippen molar-refractivity contribution in [3.05, 3.63) is 215 Å². The molecule has 30 heteroatoms. The average molecular weight is 1700 g/mol. The maximum absolute atomic E-state index is 12.7. The lowest BCUT2D eigenvalue weighted by molar-refractivity contribution is -0.170. The van der Waals surface area contributed by atoms with Gasteiger partial charge in [0, 0.05) is 6.42 Å². The lowest BCUT2D eigenvalue weighted by Crippen LogP contribution is -2.32. The first-order valence-corrected chi connectivity index (χ1v) is 39.7. The first-order chi connectivity index (χ1) is 57.1. The highest BCUT2D eigenvalue weighted by Gasteiger charge is 2.25. The van der Waals surface area contributed by atoms with Crippen LogP contribution in [0.15, 0.2) is 182 Å². The van der Waals surface area contributed by atoms with Gasteiger partial charge in [0.15, 0.2) is 12.2 Å². The van der Waals surface area contributed by atoms with Crippen LogP contribution >= 0.6 is 11.6 Å². The van der Waals surface area contributed by atoms with Gasteiger partial charge in [-0.15, -0.1) is 0 Å². The minimum atomic E-state index is -1.05. The predicted molar refractivity (Wildman–Crippen MR) is 443 cm³/mol. The number of aliphatic hydroxyl groups is 4. The van der Waals surface area contributed by atoms with Crippen molar-refractivity contribution in [2.24, 2.45) is 0 Å². The Morgan fingerprint density at radius 3 is 0.667 bits per heavy atom. The van der Waals surface area contributed by atoms with Gasteiger partial charge in [-0.1, -0.05) is 182 Å². The molecule has 0 bridgehead atoms. The van der Waals surface area contributed by atoms with Gasteiger partial charge < -0.3 is 91.8 Å². The van der Waals surface area contributed by atoms with Crippen LogP contribution in [0.3, 0.4) is 0 Å². The Labute approximate surface area is 709 Å². The van der Waals surface area contributed by atoms with Crippen LogP contribution in [-0.2, 0) is 154 Å². The standard InChI is InChI=1S/C36H44O9.C15H26O9.C12H16O3.C11H13ClO2.C11H14O3.C5H10O3/c1-27(40-22-30-13-7-4-8-14-30)19-34(37)43-25-33(45-36(39)21-29(3)42-24-32-17-11-6-12-18-32)26-44-35(38)20-28(2)41-23-31-15-9-5-10-16-31;1-9(16)4-13(19)22-7-12(24-15(21)6-11(3)18)8-23-14(20)5-10(2)17;1-10(8-12(13)14-2)15-9-11-6-4-3-5-7-11;2*1-9(7-11(12)13)14-8-10-5-3-2-4-6-10;1-4(6)3-5(7)8-2/h4-18,27-29,33H,19-26H2,1-3H3;9-12,16-18H,4-8H2,1-3H3;3-7,10H,8-9H2,1-2H3;2-6,9H,7-8H2,1H3;2-6,9H,7-8H2,1H3,(H,12,13);4,6H,3H2,1-2H3. The Hall–Kier alpha value is -9.89. The number of methoxy groups -OCH3 is 2. The number of esters is 8. The monoisotopic (exact) mass is 1700 g/mol. The molecule has 0 saturated heterocycles. The summed E-state index contributed by atoms with van der Waals surface area (Å²) in [5.74, 6) is -5.19. The van der Waals surface area contributed by atoms with Crippen LogP contribution in [0.5, 0.6) is 0 Å². The number of carboxylic acid groups (broad SMARTS) is 1. The molecule has 0 spiro atoms. The summed E-state index contributed by atoms with van der Waals surface area (Å²) >= 11 is 5.24. The van der Waals surface area contributed by atoms with Gasteiger partial charge >= 0.3 is 53.7 Å². The van der Waals surface area contributed by atoms with Gasteiger partial charge in [-0.2, -0.15) is 0 Å². The van der Waals surface area contributed by atoms with Gasteiger partial charge in [-0.05, 0) is 114 Å². The molecule has 10 atom stereocenters. The fraction of sp³-hybridized carbons (Fsp3) is 0.489. The van der Waals surface area contributed by atoms with E-state index in [2.05, 4.69) is 9.47 Å². The molecule has 6 aromatic rings. The lowest BCUT2D eigenvalue weighted by Gasteiger charge is -2.20. The largest absolute Gasteiger partial charge is 0.481 e. The molecule has 5 N–H and O–H groups in total. The van der Waals surface area contributed by atoms with Crippen molar-refractivity contribution in [3.8, 4) is 0 Å².